The van der Waals surface area contributed by atoms with Gasteiger partial charge in [-0.25, -0.2) is 4.98 Å². The third-order valence-corrected chi connectivity index (χ3v) is 4.26. The van der Waals surface area contributed by atoms with Crippen molar-refractivity contribution in [1.82, 2.24) is 9.36 Å². The predicted molar refractivity (Wildman–Crippen MR) is 72.6 cm³/mol. The lowest BCUT2D eigenvalue weighted by atomic mass is 10.1. The molecule has 17 heavy (non-hydrogen) atoms. The molecule has 0 bridgehead atoms. The van der Waals surface area contributed by atoms with Crippen LogP contribution in [0.4, 0.5) is 0 Å². The molecule has 0 aliphatic rings. The predicted octanol–water partition coefficient (Wildman–Crippen LogP) is 2.75. The van der Waals surface area contributed by atoms with Gasteiger partial charge in [-0.2, -0.15) is 4.37 Å². The summed E-state index contributed by atoms with van der Waals surface area (Å²) in [6, 6.07) is 8.33. The second-order valence-electron chi connectivity index (χ2n) is 3.58. The van der Waals surface area contributed by atoms with E-state index in [4.69, 9.17) is 5.73 Å². The molecule has 1 heterocycles. The molecule has 0 spiro atoms. The molecule has 3 nitrogen and oxygen atoms in total. The van der Waals surface area contributed by atoms with Gasteiger partial charge in [0.1, 0.15) is 5.82 Å². The summed E-state index contributed by atoms with van der Waals surface area (Å²) >= 11 is 3.15. The molecule has 0 radical (unpaired) electrons. The Morgan fingerprint density at radius 1 is 1.35 bits per heavy atom. The summed E-state index contributed by atoms with van der Waals surface area (Å²) in [5.74, 6) is 0.925. The van der Waals surface area contributed by atoms with Crippen molar-refractivity contribution in [2.75, 3.05) is 6.54 Å². The van der Waals surface area contributed by atoms with Crippen molar-refractivity contribution < 1.29 is 0 Å². The molecule has 5 heteroatoms. The van der Waals surface area contributed by atoms with Gasteiger partial charge in [0.05, 0.1) is 0 Å². The Balaban J connectivity index is 2.17. The third-order valence-electron chi connectivity index (χ3n) is 2.35. The summed E-state index contributed by atoms with van der Waals surface area (Å²) in [4.78, 5) is 5.70. The molecule has 0 atom stereocenters. The van der Waals surface area contributed by atoms with E-state index >= 15 is 0 Å². The third kappa shape index (κ3) is 3.28. The van der Waals surface area contributed by atoms with Crippen molar-refractivity contribution in [3.05, 3.63) is 35.7 Å². The van der Waals surface area contributed by atoms with Crippen LogP contribution in [-0.4, -0.2) is 15.9 Å². The summed E-state index contributed by atoms with van der Waals surface area (Å²) in [6.07, 6.45) is 1.80. The van der Waals surface area contributed by atoms with Crippen LogP contribution in [0.3, 0.4) is 0 Å². The Morgan fingerprint density at radius 2 is 2.18 bits per heavy atom. The zero-order chi connectivity index (χ0) is 12.1. The molecule has 2 N–H and O–H groups in total. The maximum absolute atomic E-state index is 5.61. The maximum atomic E-state index is 5.61. The number of hydrogen-bond acceptors (Lipinski definition) is 5. The lowest BCUT2D eigenvalue weighted by Crippen LogP contribution is -2.03. The first-order valence-electron chi connectivity index (χ1n) is 5.62. The maximum Gasteiger partial charge on any atom is 0.174 e. The zero-order valence-corrected chi connectivity index (χ0v) is 11.4. The van der Waals surface area contributed by atoms with Gasteiger partial charge in [-0.3, -0.25) is 0 Å². The van der Waals surface area contributed by atoms with Crippen molar-refractivity contribution in [1.29, 1.82) is 0 Å². The van der Waals surface area contributed by atoms with Gasteiger partial charge in [-0.15, -0.1) is 0 Å². The largest absolute Gasteiger partial charge is 0.330 e. The summed E-state index contributed by atoms with van der Waals surface area (Å²) in [5, 5.41) is 0. The molecule has 0 unspecified atom stereocenters. The van der Waals surface area contributed by atoms with E-state index in [0.29, 0.717) is 6.54 Å². The van der Waals surface area contributed by atoms with Gasteiger partial charge >= 0.3 is 0 Å². The number of nitrogens with two attached hydrogens (primary N) is 1. The van der Waals surface area contributed by atoms with E-state index < -0.39 is 0 Å². The van der Waals surface area contributed by atoms with E-state index in [1.54, 1.807) is 11.8 Å². The first-order valence-corrected chi connectivity index (χ1v) is 7.21. The van der Waals surface area contributed by atoms with E-state index in [0.717, 1.165) is 23.0 Å². The summed E-state index contributed by atoms with van der Waals surface area (Å²) in [6.45, 7) is 2.74. The Hall–Kier alpha value is -0.910. The van der Waals surface area contributed by atoms with Crippen LogP contribution < -0.4 is 5.73 Å². The first-order chi connectivity index (χ1) is 8.33. The molecule has 0 fully saturated rings. The second-order valence-corrected chi connectivity index (χ2v) is 5.62. The van der Waals surface area contributed by atoms with Crippen molar-refractivity contribution in [2.24, 2.45) is 5.73 Å². The van der Waals surface area contributed by atoms with Crippen LogP contribution in [-0.2, 0) is 12.8 Å². The van der Waals surface area contributed by atoms with Crippen LogP contribution in [0.2, 0.25) is 0 Å². The molecular weight excluding hydrogens is 250 g/mol. The molecule has 1 aromatic carbocycles. The van der Waals surface area contributed by atoms with Gasteiger partial charge in [0.25, 0.3) is 0 Å². The summed E-state index contributed by atoms with van der Waals surface area (Å²) < 4.78 is 5.30. The SMILES string of the molecule is CCc1nsc(Sc2ccccc2CCN)n1. The highest BCUT2D eigenvalue weighted by molar-refractivity contribution is 8.01. The van der Waals surface area contributed by atoms with Crippen LogP contribution >= 0.6 is 23.3 Å². The van der Waals surface area contributed by atoms with Gasteiger partial charge in [-0.05, 0) is 36.1 Å². The monoisotopic (exact) mass is 265 g/mol. The quantitative estimate of drug-likeness (QED) is 0.903. The van der Waals surface area contributed by atoms with E-state index in [1.807, 2.05) is 12.1 Å². The first kappa shape index (κ1) is 12.5. The number of benzene rings is 1. The van der Waals surface area contributed by atoms with E-state index in [-0.39, 0.29) is 0 Å². The van der Waals surface area contributed by atoms with Gasteiger partial charge in [0.2, 0.25) is 0 Å². The highest BCUT2D eigenvalue weighted by atomic mass is 32.2. The lowest BCUT2D eigenvalue weighted by Gasteiger charge is -2.05. The number of rotatable bonds is 5. The molecule has 1 aromatic heterocycles. The Morgan fingerprint density at radius 3 is 2.88 bits per heavy atom. The van der Waals surface area contributed by atoms with Crippen LogP contribution in [0, 0.1) is 0 Å². The smallest absolute Gasteiger partial charge is 0.174 e. The number of hydrogen-bond donors (Lipinski definition) is 1. The molecule has 2 rings (SSSR count). The molecule has 0 saturated heterocycles. The number of aromatic nitrogens is 2. The fraction of sp³-hybridized carbons (Fsp3) is 0.333. The van der Waals surface area contributed by atoms with Crippen molar-refractivity contribution in [3.63, 3.8) is 0 Å². The molecule has 0 aliphatic carbocycles. The fourth-order valence-corrected chi connectivity index (χ4v) is 3.30. The summed E-state index contributed by atoms with van der Waals surface area (Å²) in [5.41, 5.74) is 6.90. The lowest BCUT2D eigenvalue weighted by molar-refractivity contribution is 0.942. The van der Waals surface area contributed by atoms with E-state index in [9.17, 15) is 0 Å². The van der Waals surface area contributed by atoms with Crippen LogP contribution in [0.5, 0.6) is 0 Å². The number of aryl methyl sites for hydroxylation is 1. The fourth-order valence-electron chi connectivity index (χ4n) is 1.48. The van der Waals surface area contributed by atoms with Crippen molar-refractivity contribution in [2.45, 2.75) is 29.0 Å². The van der Waals surface area contributed by atoms with Crippen molar-refractivity contribution in [3.8, 4) is 0 Å². The average molecular weight is 265 g/mol. The van der Waals surface area contributed by atoms with Crippen LogP contribution in [0.1, 0.15) is 18.3 Å². The minimum atomic E-state index is 0.675. The highest BCUT2D eigenvalue weighted by Gasteiger charge is 2.07. The Labute approximate surface area is 110 Å². The summed E-state index contributed by atoms with van der Waals surface area (Å²) in [7, 11) is 0. The molecule has 90 valence electrons. The normalized spacial score (nSPS) is 10.7. The van der Waals surface area contributed by atoms with Gasteiger partial charge in [0, 0.05) is 11.3 Å². The zero-order valence-electron chi connectivity index (χ0n) is 9.72. The van der Waals surface area contributed by atoms with Gasteiger partial charge in [0.15, 0.2) is 4.34 Å². The van der Waals surface area contributed by atoms with Gasteiger partial charge in [-0.1, -0.05) is 36.9 Å². The second kappa shape index (κ2) is 6.14. The van der Waals surface area contributed by atoms with Gasteiger partial charge < -0.3 is 5.73 Å². The molecule has 0 saturated carbocycles. The van der Waals surface area contributed by atoms with Crippen LogP contribution in [0.25, 0.3) is 0 Å². The highest BCUT2D eigenvalue weighted by Crippen LogP contribution is 2.31. The number of nitrogens with zero attached hydrogens (tertiary/aromatic N) is 2. The minimum absolute atomic E-state index is 0.675. The molecule has 0 aliphatic heterocycles. The van der Waals surface area contributed by atoms with Crippen LogP contribution in [0.15, 0.2) is 33.5 Å². The molecular formula is C12H15N3S2. The van der Waals surface area contributed by atoms with E-state index in [2.05, 4.69) is 28.4 Å². The topological polar surface area (TPSA) is 51.8 Å². The average Bonchev–Trinajstić information content (AvgIpc) is 2.80. The standard InChI is InChI=1S/C12H15N3S2/c1-2-11-14-12(17-15-11)16-10-6-4-3-5-9(10)7-8-13/h3-6H,2,7-8,13H2,1H3. The molecule has 0 amide bonds. The Bertz CT molecular complexity index is 482. The molecule has 2 aromatic rings. The van der Waals surface area contributed by atoms with Crippen molar-refractivity contribution >= 4 is 23.3 Å². The van der Waals surface area contributed by atoms with E-state index in [1.165, 1.54) is 22.0 Å². The Kier molecular flexibility index (Phi) is 4.53. The minimum Gasteiger partial charge on any atom is -0.330 e.